The van der Waals surface area contributed by atoms with Crippen molar-refractivity contribution >= 4 is 57.4 Å². The fraction of sp³-hybridized carbons (Fsp3) is 0.320. The second-order valence-corrected chi connectivity index (χ2v) is 17.7. The fourth-order valence-corrected chi connectivity index (χ4v) is 9.43. The molecule has 1 atom stereocenters. The summed E-state index contributed by atoms with van der Waals surface area (Å²) in [5, 5.41) is 19.7. The molecule has 0 spiro atoms. The van der Waals surface area contributed by atoms with E-state index < -0.39 is 53.2 Å². The summed E-state index contributed by atoms with van der Waals surface area (Å²) in [6, 6.07) is 17.8. The van der Waals surface area contributed by atoms with Crippen molar-refractivity contribution in [3.05, 3.63) is 134 Å². The van der Waals surface area contributed by atoms with E-state index in [4.69, 9.17) is 4.74 Å². The molecule has 6 aromatic rings. The molecular formula is C50H49FN10O8. The quantitative estimate of drug-likeness (QED) is 0.0846. The number of aliphatic hydroxyl groups is 1. The number of ether oxygens (including phenoxy) is 1. The fourth-order valence-electron chi connectivity index (χ4n) is 9.43. The number of hydrogen-bond acceptors (Lipinski definition) is 14. The largest absolute Gasteiger partial charge is 0.392 e. The van der Waals surface area contributed by atoms with E-state index in [1.54, 1.807) is 74.2 Å². The molecule has 4 N–H and O–H groups in total. The van der Waals surface area contributed by atoms with Crippen molar-refractivity contribution in [2.45, 2.75) is 44.2 Å². The standard InChI is InChI=1S/C50H49FN10O8/c1-57-27-38(33-4-3-7-39(35(33)28-62)60-16-14-30-24-31(29-8-9-29)25-36(51)43(30)48(60)66)54-45(50(57)68)55-41-12-10-32(26-53-41)59-19-17-58(18-20-59)21-23-69-22-15-52-37-6-2-5-34-44(37)49(67)61(47(34)65)40-11-13-42(63)56-46(40)64/h2-7,10,12,14,16,24-27,29,40,52,62H,8-9,11,13,15,17-23,28H2,1H3,(H,53,54,55)(H,56,63,64). The number of piperazine rings is 1. The van der Waals surface area contributed by atoms with Gasteiger partial charge in [-0.15, -0.1) is 0 Å². The molecular weight excluding hydrogens is 888 g/mol. The predicted molar refractivity (Wildman–Crippen MR) is 254 cm³/mol. The third-order valence-corrected chi connectivity index (χ3v) is 13.3. The number of aliphatic hydroxyl groups excluding tert-OH is 1. The van der Waals surface area contributed by atoms with E-state index >= 15 is 4.39 Å². The summed E-state index contributed by atoms with van der Waals surface area (Å²) in [4.78, 5) is 92.4. The van der Waals surface area contributed by atoms with Gasteiger partial charge in [-0.25, -0.2) is 14.4 Å². The van der Waals surface area contributed by atoms with E-state index in [1.807, 2.05) is 12.1 Å². The highest BCUT2D eigenvalue weighted by atomic mass is 19.1. The third-order valence-electron chi connectivity index (χ3n) is 13.3. The molecule has 10 rings (SSSR count). The predicted octanol–water partition coefficient (Wildman–Crippen LogP) is 4.05. The van der Waals surface area contributed by atoms with Gasteiger partial charge in [-0.1, -0.05) is 24.3 Å². The molecule has 3 aromatic carbocycles. The molecule has 3 aromatic heterocycles. The lowest BCUT2D eigenvalue weighted by Crippen LogP contribution is -2.54. The van der Waals surface area contributed by atoms with Crippen LogP contribution in [-0.2, 0) is 28.0 Å². The number of pyridine rings is 2. The molecule has 3 aliphatic heterocycles. The van der Waals surface area contributed by atoms with Crippen LogP contribution in [0.1, 0.15) is 63.4 Å². The maximum atomic E-state index is 15.4. The average Bonchev–Trinajstić information content (AvgIpc) is 4.17. The van der Waals surface area contributed by atoms with Crippen LogP contribution in [0.3, 0.4) is 0 Å². The van der Waals surface area contributed by atoms with E-state index in [0.717, 1.165) is 61.7 Å². The summed E-state index contributed by atoms with van der Waals surface area (Å²) < 4.78 is 24.0. The molecule has 3 fully saturated rings. The molecule has 0 bridgehead atoms. The van der Waals surface area contributed by atoms with Crippen LogP contribution >= 0.6 is 0 Å². The summed E-state index contributed by atoms with van der Waals surface area (Å²) in [7, 11) is 1.60. The number of anilines is 4. The van der Waals surface area contributed by atoms with Crippen molar-refractivity contribution in [3.63, 3.8) is 0 Å². The van der Waals surface area contributed by atoms with Crippen molar-refractivity contribution in [1.29, 1.82) is 0 Å². The Balaban J connectivity index is 0.721. The van der Waals surface area contributed by atoms with Crippen LogP contribution in [0.5, 0.6) is 0 Å². The van der Waals surface area contributed by atoms with Crippen molar-refractivity contribution in [3.8, 4) is 16.9 Å². The Morgan fingerprint density at radius 1 is 0.884 bits per heavy atom. The minimum absolute atomic E-state index is 0.0149. The average molecular weight is 937 g/mol. The highest BCUT2D eigenvalue weighted by molar-refractivity contribution is 6.25. The number of nitrogens with zero attached hydrogens (tertiary/aromatic N) is 7. The maximum absolute atomic E-state index is 15.4. The first-order valence-corrected chi connectivity index (χ1v) is 23.0. The number of benzene rings is 3. The van der Waals surface area contributed by atoms with Crippen LogP contribution in [0.2, 0.25) is 0 Å². The lowest BCUT2D eigenvalue weighted by Gasteiger charge is -2.35. The van der Waals surface area contributed by atoms with Gasteiger partial charge in [-0.2, -0.15) is 0 Å². The number of carbonyl (C=O) groups is 4. The summed E-state index contributed by atoms with van der Waals surface area (Å²) in [5.41, 5.74) is 3.36. The number of carbonyl (C=O) groups excluding carboxylic acids is 4. The summed E-state index contributed by atoms with van der Waals surface area (Å²) >= 11 is 0. The number of halogens is 1. The molecule has 1 aliphatic carbocycles. The zero-order valence-corrected chi connectivity index (χ0v) is 37.7. The molecule has 0 radical (unpaired) electrons. The van der Waals surface area contributed by atoms with E-state index in [1.165, 1.54) is 15.2 Å². The van der Waals surface area contributed by atoms with Gasteiger partial charge in [0.15, 0.2) is 5.82 Å². The van der Waals surface area contributed by atoms with Gasteiger partial charge in [-0.3, -0.25) is 48.5 Å². The summed E-state index contributed by atoms with van der Waals surface area (Å²) in [5.74, 6) is -2.03. The molecule has 354 valence electrons. The van der Waals surface area contributed by atoms with Crippen molar-refractivity contribution in [2.24, 2.45) is 7.05 Å². The van der Waals surface area contributed by atoms with E-state index in [9.17, 15) is 33.9 Å². The Morgan fingerprint density at radius 3 is 2.43 bits per heavy atom. The number of amides is 4. The Morgan fingerprint density at radius 2 is 1.68 bits per heavy atom. The Kier molecular flexibility index (Phi) is 12.3. The topological polar surface area (TPSA) is 213 Å². The first kappa shape index (κ1) is 45.2. The highest BCUT2D eigenvalue weighted by Crippen LogP contribution is 2.41. The lowest BCUT2D eigenvalue weighted by atomic mass is 10.0. The third kappa shape index (κ3) is 8.87. The number of imide groups is 2. The van der Waals surface area contributed by atoms with Gasteiger partial charge in [0.05, 0.1) is 59.6 Å². The van der Waals surface area contributed by atoms with Crippen molar-refractivity contribution < 1.29 is 33.4 Å². The van der Waals surface area contributed by atoms with Gasteiger partial charge in [0, 0.05) is 81.9 Å². The summed E-state index contributed by atoms with van der Waals surface area (Å²) in [6.07, 6.45) is 7.04. The monoisotopic (exact) mass is 936 g/mol. The zero-order chi connectivity index (χ0) is 47.9. The number of aryl methyl sites for hydroxylation is 1. The van der Waals surface area contributed by atoms with E-state index in [0.29, 0.717) is 65.1 Å². The van der Waals surface area contributed by atoms with Gasteiger partial charge in [0.25, 0.3) is 22.9 Å². The second kappa shape index (κ2) is 18.8. The first-order chi connectivity index (χ1) is 33.5. The van der Waals surface area contributed by atoms with Gasteiger partial charge >= 0.3 is 0 Å². The van der Waals surface area contributed by atoms with Gasteiger partial charge in [0.1, 0.15) is 17.7 Å². The van der Waals surface area contributed by atoms with Gasteiger partial charge in [-0.05, 0) is 78.6 Å². The maximum Gasteiger partial charge on any atom is 0.293 e. The molecule has 1 unspecified atom stereocenters. The number of fused-ring (bicyclic) bond motifs is 2. The number of aromatic nitrogens is 4. The first-order valence-electron chi connectivity index (χ1n) is 23.0. The molecule has 18 nitrogen and oxygen atoms in total. The SMILES string of the molecule is Cn1cc(-c2cccc(-n3ccc4cc(C5CC5)cc(F)c4c3=O)c2CO)nc(Nc2ccc(N3CCN(CCOCCNc4cccc5c4C(=O)N(C4CCC(=O)NC4=O)C5=O)CC3)cn2)c1=O. The van der Waals surface area contributed by atoms with Crippen LogP contribution in [0.4, 0.5) is 27.4 Å². The lowest BCUT2D eigenvalue weighted by molar-refractivity contribution is -0.136. The van der Waals surface area contributed by atoms with Crippen LogP contribution in [-0.4, -0.2) is 116 Å². The Bertz CT molecular complexity index is 3160. The second-order valence-electron chi connectivity index (χ2n) is 17.7. The van der Waals surface area contributed by atoms with Gasteiger partial charge < -0.3 is 29.9 Å². The number of rotatable bonds is 15. The summed E-state index contributed by atoms with van der Waals surface area (Å²) in [6.45, 7) is 4.62. The molecule has 4 aliphatic rings. The molecule has 1 saturated carbocycles. The van der Waals surface area contributed by atoms with Crippen molar-refractivity contribution in [2.75, 3.05) is 68.0 Å². The zero-order valence-electron chi connectivity index (χ0n) is 37.7. The number of piperidine rings is 1. The smallest absolute Gasteiger partial charge is 0.293 e. The normalized spacial score (nSPS) is 17.4. The highest BCUT2D eigenvalue weighted by Gasteiger charge is 2.45. The van der Waals surface area contributed by atoms with E-state index in [-0.39, 0.29) is 35.2 Å². The minimum atomic E-state index is -1.03. The van der Waals surface area contributed by atoms with Crippen LogP contribution < -0.4 is 32.0 Å². The van der Waals surface area contributed by atoms with Crippen LogP contribution in [0.25, 0.3) is 27.7 Å². The minimum Gasteiger partial charge on any atom is -0.392 e. The van der Waals surface area contributed by atoms with Crippen LogP contribution in [0, 0.1) is 5.82 Å². The molecule has 19 heteroatoms. The molecule has 6 heterocycles. The Hall–Kier alpha value is -7.61. The molecule has 2 saturated heterocycles. The molecule has 4 amide bonds. The number of nitrogens with one attached hydrogen (secondary N) is 3. The number of hydrogen-bond donors (Lipinski definition) is 4. The van der Waals surface area contributed by atoms with Crippen LogP contribution in [0.15, 0.2) is 94.9 Å². The van der Waals surface area contributed by atoms with Gasteiger partial charge in [0.2, 0.25) is 11.8 Å². The Labute approximate surface area is 394 Å². The van der Waals surface area contributed by atoms with E-state index in [2.05, 4.69) is 35.7 Å². The molecule has 69 heavy (non-hydrogen) atoms. The van der Waals surface area contributed by atoms with Crippen molar-refractivity contribution in [1.82, 2.24) is 34.2 Å².